The summed E-state index contributed by atoms with van der Waals surface area (Å²) >= 11 is 0. The topological polar surface area (TPSA) is 9.23 Å². The van der Waals surface area contributed by atoms with E-state index in [-0.39, 0.29) is 5.75 Å². The second-order valence-corrected chi connectivity index (χ2v) is 7.22. The van der Waals surface area contributed by atoms with Crippen LogP contribution in [0.2, 0.25) is 0 Å². The highest BCUT2D eigenvalue weighted by molar-refractivity contribution is 5.29. The molecule has 1 aromatic rings. The number of rotatable bonds is 14. The van der Waals surface area contributed by atoms with E-state index in [1.54, 1.807) is 12.1 Å². The van der Waals surface area contributed by atoms with Crippen LogP contribution in [0.5, 0.6) is 5.75 Å². The quantitative estimate of drug-likeness (QED) is 0.300. The first-order chi connectivity index (χ1) is 12.5. The van der Waals surface area contributed by atoms with E-state index in [1.165, 1.54) is 69.8 Å². The largest absolute Gasteiger partial charge is 0.484 e. The highest BCUT2D eigenvalue weighted by atomic mass is 19.4. The van der Waals surface area contributed by atoms with Gasteiger partial charge in [0.15, 0.2) is 6.61 Å². The van der Waals surface area contributed by atoms with Gasteiger partial charge < -0.3 is 4.74 Å². The van der Waals surface area contributed by atoms with Crippen molar-refractivity contribution in [3.63, 3.8) is 0 Å². The fourth-order valence-electron chi connectivity index (χ4n) is 3.29. The molecule has 0 heterocycles. The van der Waals surface area contributed by atoms with Crippen LogP contribution in [0.25, 0.3) is 0 Å². The Morgan fingerprint density at radius 1 is 0.769 bits per heavy atom. The molecule has 0 bridgehead atoms. The summed E-state index contributed by atoms with van der Waals surface area (Å²) in [6, 6.07) is 7.24. The fraction of sp³-hybridized carbons (Fsp3) is 0.727. The summed E-state index contributed by atoms with van der Waals surface area (Å²) in [5.74, 6) is 0.794. The van der Waals surface area contributed by atoms with E-state index in [4.69, 9.17) is 4.74 Å². The number of unbranched alkanes of at least 4 members (excludes halogenated alkanes) is 7. The Bertz CT molecular complexity index is 453. The predicted octanol–water partition coefficient (Wildman–Crippen LogP) is 8.04. The SMILES string of the molecule is CCCCCCCCC(CCCCC)c1ccc(OCC(F)(F)F)cc1. The van der Waals surface area contributed by atoms with Gasteiger partial charge >= 0.3 is 6.18 Å². The molecule has 0 N–H and O–H groups in total. The molecule has 0 saturated heterocycles. The lowest BCUT2D eigenvalue weighted by atomic mass is 9.88. The molecule has 1 aromatic carbocycles. The molecule has 0 amide bonds. The maximum Gasteiger partial charge on any atom is 0.422 e. The second kappa shape index (κ2) is 13.1. The first-order valence-electron chi connectivity index (χ1n) is 10.3. The molecule has 0 aliphatic carbocycles. The molecular formula is C22H35F3O. The van der Waals surface area contributed by atoms with Crippen LogP contribution in [-0.4, -0.2) is 12.8 Å². The van der Waals surface area contributed by atoms with Gasteiger partial charge in [-0.3, -0.25) is 0 Å². The molecule has 0 fully saturated rings. The van der Waals surface area contributed by atoms with Crippen LogP contribution in [0.1, 0.15) is 96.0 Å². The number of benzene rings is 1. The third-order valence-electron chi connectivity index (χ3n) is 4.82. The zero-order valence-corrected chi connectivity index (χ0v) is 16.4. The smallest absolute Gasteiger partial charge is 0.422 e. The number of alkyl halides is 3. The molecule has 0 spiro atoms. The van der Waals surface area contributed by atoms with Gasteiger partial charge in [0.2, 0.25) is 0 Å². The van der Waals surface area contributed by atoms with Crippen LogP contribution in [0.3, 0.4) is 0 Å². The molecule has 26 heavy (non-hydrogen) atoms. The van der Waals surface area contributed by atoms with Gasteiger partial charge in [-0.25, -0.2) is 0 Å². The van der Waals surface area contributed by atoms with Crippen molar-refractivity contribution < 1.29 is 17.9 Å². The lowest BCUT2D eigenvalue weighted by Crippen LogP contribution is -2.19. The molecule has 1 nitrogen and oxygen atoms in total. The normalized spacial score (nSPS) is 13.0. The van der Waals surface area contributed by atoms with E-state index in [2.05, 4.69) is 13.8 Å². The second-order valence-electron chi connectivity index (χ2n) is 7.22. The van der Waals surface area contributed by atoms with Gasteiger partial charge in [0.25, 0.3) is 0 Å². The van der Waals surface area contributed by atoms with Crippen molar-refractivity contribution in [3.05, 3.63) is 29.8 Å². The van der Waals surface area contributed by atoms with E-state index in [1.807, 2.05) is 12.1 Å². The molecule has 1 rings (SSSR count). The van der Waals surface area contributed by atoms with Crippen LogP contribution in [0, 0.1) is 0 Å². The summed E-state index contributed by atoms with van der Waals surface area (Å²) in [6.07, 6.45) is 9.40. The third-order valence-corrected chi connectivity index (χ3v) is 4.82. The summed E-state index contributed by atoms with van der Waals surface area (Å²) in [7, 11) is 0. The first kappa shape index (κ1) is 22.9. The number of halogens is 3. The monoisotopic (exact) mass is 372 g/mol. The standard InChI is InChI=1S/C22H35F3O/c1-3-5-7-8-9-11-13-19(12-10-6-4-2)20-14-16-21(17-15-20)26-18-22(23,24)25/h14-17,19H,3-13,18H2,1-2H3. The Kier molecular flexibility index (Phi) is 11.5. The molecule has 1 atom stereocenters. The summed E-state index contributed by atoms with van der Waals surface area (Å²) in [5.41, 5.74) is 1.23. The lowest BCUT2D eigenvalue weighted by Gasteiger charge is -2.18. The van der Waals surface area contributed by atoms with E-state index >= 15 is 0 Å². The molecule has 0 radical (unpaired) electrons. The summed E-state index contributed by atoms with van der Waals surface area (Å²) < 4.78 is 41.6. The zero-order chi connectivity index (χ0) is 19.3. The Hall–Kier alpha value is -1.19. The minimum Gasteiger partial charge on any atom is -0.484 e. The van der Waals surface area contributed by atoms with Gasteiger partial charge in [-0.15, -0.1) is 0 Å². The molecule has 0 aliphatic rings. The molecule has 1 unspecified atom stereocenters. The summed E-state index contributed by atoms with van der Waals surface area (Å²) in [6.45, 7) is 3.20. The number of hydrogen-bond acceptors (Lipinski definition) is 1. The van der Waals surface area contributed by atoms with Gasteiger partial charge in [-0.2, -0.15) is 13.2 Å². The minimum atomic E-state index is -4.29. The van der Waals surface area contributed by atoms with Crippen molar-refractivity contribution in [3.8, 4) is 5.75 Å². The van der Waals surface area contributed by atoms with Gasteiger partial charge in [0.05, 0.1) is 0 Å². The van der Waals surface area contributed by atoms with Gasteiger partial charge in [-0.05, 0) is 36.5 Å². The van der Waals surface area contributed by atoms with Crippen molar-refractivity contribution in [2.24, 2.45) is 0 Å². The van der Waals surface area contributed by atoms with Crippen LogP contribution in [0.15, 0.2) is 24.3 Å². The molecule has 0 aromatic heterocycles. The highest BCUT2D eigenvalue weighted by Crippen LogP contribution is 2.30. The predicted molar refractivity (Wildman–Crippen MR) is 103 cm³/mol. The van der Waals surface area contributed by atoms with Crippen molar-refractivity contribution >= 4 is 0 Å². The van der Waals surface area contributed by atoms with Crippen molar-refractivity contribution in [1.82, 2.24) is 0 Å². The highest BCUT2D eigenvalue weighted by Gasteiger charge is 2.28. The van der Waals surface area contributed by atoms with Crippen molar-refractivity contribution in [2.45, 2.75) is 96.6 Å². The number of ether oxygens (including phenoxy) is 1. The molecule has 4 heteroatoms. The van der Waals surface area contributed by atoms with Crippen molar-refractivity contribution in [2.75, 3.05) is 6.61 Å². The average Bonchev–Trinajstić information content (AvgIpc) is 2.61. The van der Waals surface area contributed by atoms with Crippen LogP contribution in [-0.2, 0) is 0 Å². The third kappa shape index (κ3) is 10.7. The minimum absolute atomic E-state index is 0.290. The van der Waals surface area contributed by atoms with E-state index in [0.29, 0.717) is 5.92 Å². The Morgan fingerprint density at radius 2 is 1.27 bits per heavy atom. The van der Waals surface area contributed by atoms with Gasteiger partial charge in [0.1, 0.15) is 5.75 Å². The average molecular weight is 373 g/mol. The van der Waals surface area contributed by atoms with Crippen LogP contribution >= 0.6 is 0 Å². The molecule has 0 aliphatic heterocycles. The van der Waals surface area contributed by atoms with Gasteiger partial charge in [0, 0.05) is 0 Å². The Morgan fingerprint density at radius 3 is 1.85 bits per heavy atom. The summed E-state index contributed by atoms with van der Waals surface area (Å²) in [5, 5.41) is 0. The zero-order valence-electron chi connectivity index (χ0n) is 16.4. The molecule has 0 saturated carbocycles. The maximum atomic E-state index is 12.2. The van der Waals surface area contributed by atoms with E-state index < -0.39 is 12.8 Å². The number of hydrogen-bond donors (Lipinski definition) is 0. The van der Waals surface area contributed by atoms with Gasteiger partial charge in [-0.1, -0.05) is 83.8 Å². The van der Waals surface area contributed by atoms with Crippen LogP contribution in [0.4, 0.5) is 13.2 Å². The Balaban J connectivity index is 2.53. The van der Waals surface area contributed by atoms with E-state index in [9.17, 15) is 13.2 Å². The lowest BCUT2D eigenvalue weighted by molar-refractivity contribution is -0.153. The maximum absolute atomic E-state index is 12.2. The first-order valence-corrected chi connectivity index (χ1v) is 10.3. The van der Waals surface area contributed by atoms with E-state index in [0.717, 1.165) is 6.42 Å². The fourth-order valence-corrected chi connectivity index (χ4v) is 3.29. The Labute approximate surface area is 157 Å². The molecule has 150 valence electrons. The summed E-state index contributed by atoms with van der Waals surface area (Å²) in [4.78, 5) is 0. The molecular weight excluding hydrogens is 337 g/mol. The van der Waals surface area contributed by atoms with Crippen LogP contribution < -0.4 is 4.74 Å². The van der Waals surface area contributed by atoms with Crippen molar-refractivity contribution in [1.29, 1.82) is 0 Å².